The second-order valence-electron chi connectivity index (χ2n) is 4.76. The summed E-state index contributed by atoms with van der Waals surface area (Å²) in [7, 11) is 0. The van der Waals surface area contributed by atoms with E-state index in [2.05, 4.69) is 22.1 Å². The molecule has 0 atom stereocenters. The van der Waals surface area contributed by atoms with Crippen molar-refractivity contribution in [1.82, 2.24) is 0 Å². The lowest BCUT2D eigenvalue weighted by Crippen LogP contribution is -2.32. The predicted molar refractivity (Wildman–Crippen MR) is 71.7 cm³/mol. The molecule has 96 valence electrons. The molecule has 0 spiro atoms. The maximum Gasteiger partial charge on any atom is 0.281 e. The Kier molecular flexibility index (Phi) is 3.07. The van der Waals surface area contributed by atoms with Crippen LogP contribution >= 0.6 is 0 Å². The molecule has 0 aliphatic carbocycles. The first-order chi connectivity index (χ1) is 9.31. The van der Waals surface area contributed by atoms with Crippen molar-refractivity contribution in [2.75, 3.05) is 0 Å². The number of unbranched alkanes of at least 4 members (excludes halogenated alkanes) is 2. The lowest BCUT2D eigenvalue weighted by atomic mass is 10.0. The van der Waals surface area contributed by atoms with Crippen LogP contribution < -0.4 is 10.6 Å². The van der Waals surface area contributed by atoms with Gasteiger partial charge in [0.15, 0.2) is 0 Å². The largest absolute Gasteiger partial charge is 0.281 e. The molecule has 0 bridgehead atoms. The van der Waals surface area contributed by atoms with Gasteiger partial charge in [0, 0.05) is 5.22 Å². The lowest BCUT2D eigenvalue weighted by Gasteiger charge is -2.06. The Labute approximate surface area is 111 Å². The van der Waals surface area contributed by atoms with Gasteiger partial charge >= 0.3 is 0 Å². The van der Waals surface area contributed by atoms with Crippen LogP contribution in [0.15, 0.2) is 50.8 Å². The molecule has 0 unspecified atom stereocenters. The number of fused-ring (bicyclic) bond motifs is 2. The first-order valence-electron chi connectivity index (χ1n) is 6.69. The van der Waals surface area contributed by atoms with E-state index in [4.69, 9.17) is 0 Å². The van der Waals surface area contributed by atoms with E-state index >= 15 is 0 Å². The van der Waals surface area contributed by atoms with Gasteiger partial charge in [-0.3, -0.25) is 4.79 Å². The van der Waals surface area contributed by atoms with Crippen LogP contribution in [0.1, 0.15) is 32.6 Å². The van der Waals surface area contributed by atoms with E-state index in [1.807, 2.05) is 24.3 Å². The monoisotopic (exact) mass is 253 g/mol. The van der Waals surface area contributed by atoms with Crippen molar-refractivity contribution in [2.45, 2.75) is 32.6 Å². The first kappa shape index (κ1) is 12.0. The number of carbonyl (C=O) groups excluding carboxylic acids is 1. The number of para-hydroxylation sites is 1. The van der Waals surface area contributed by atoms with Gasteiger partial charge < -0.3 is 0 Å². The smallest absolute Gasteiger partial charge is 0.267 e. The third-order valence-corrected chi connectivity index (χ3v) is 3.41. The van der Waals surface area contributed by atoms with Gasteiger partial charge in [0.1, 0.15) is 5.70 Å². The summed E-state index contributed by atoms with van der Waals surface area (Å²) in [6, 6.07) is 7.58. The minimum Gasteiger partial charge on any atom is -0.267 e. The maximum atomic E-state index is 12.1. The van der Waals surface area contributed by atoms with Crippen molar-refractivity contribution >= 4 is 11.6 Å². The molecule has 1 aromatic carbocycles. The molecular formula is C15H15N3O. The molecule has 1 aromatic rings. The second-order valence-corrected chi connectivity index (χ2v) is 4.76. The highest BCUT2D eigenvalue weighted by Gasteiger charge is 2.27. The molecule has 2 aliphatic rings. The van der Waals surface area contributed by atoms with E-state index in [1.165, 1.54) is 0 Å². The van der Waals surface area contributed by atoms with Crippen LogP contribution in [0, 0.1) is 0 Å². The van der Waals surface area contributed by atoms with Gasteiger partial charge in [0.05, 0.1) is 16.6 Å². The Morgan fingerprint density at radius 1 is 1.11 bits per heavy atom. The summed E-state index contributed by atoms with van der Waals surface area (Å²) in [5, 5.41) is 9.99. The van der Waals surface area contributed by atoms with Crippen LogP contribution in [0.2, 0.25) is 0 Å². The summed E-state index contributed by atoms with van der Waals surface area (Å²) in [5.74, 6) is -0.204. The van der Waals surface area contributed by atoms with Gasteiger partial charge in [-0.1, -0.05) is 38.0 Å². The minimum absolute atomic E-state index is 0.204. The van der Waals surface area contributed by atoms with Crippen molar-refractivity contribution in [3.05, 3.63) is 46.1 Å². The Hall–Kier alpha value is -2.10. The molecule has 0 fully saturated rings. The Morgan fingerprint density at radius 3 is 2.79 bits per heavy atom. The summed E-state index contributed by atoms with van der Waals surface area (Å²) >= 11 is 0. The number of rotatable bonds is 4. The van der Waals surface area contributed by atoms with Crippen LogP contribution in [0.3, 0.4) is 0 Å². The molecule has 4 nitrogen and oxygen atoms in total. The van der Waals surface area contributed by atoms with Crippen LogP contribution in [-0.2, 0) is 4.79 Å². The molecular weight excluding hydrogens is 238 g/mol. The Bertz CT molecular complexity index is 713. The number of azo groups is 1. The van der Waals surface area contributed by atoms with E-state index in [-0.39, 0.29) is 5.91 Å². The highest BCUT2D eigenvalue weighted by Crippen LogP contribution is 2.30. The second kappa shape index (κ2) is 4.88. The quantitative estimate of drug-likeness (QED) is 0.759. The van der Waals surface area contributed by atoms with Crippen molar-refractivity contribution in [1.29, 1.82) is 0 Å². The van der Waals surface area contributed by atoms with E-state index in [0.29, 0.717) is 16.6 Å². The Balaban J connectivity index is 2.09. The topological polar surface area (TPSA) is 54.1 Å². The van der Waals surface area contributed by atoms with Crippen molar-refractivity contribution in [3.8, 4) is 0 Å². The van der Waals surface area contributed by atoms with Crippen molar-refractivity contribution < 1.29 is 4.79 Å². The third kappa shape index (κ3) is 2.03. The fourth-order valence-electron chi connectivity index (χ4n) is 2.41. The van der Waals surface area contributed by atoms with Crippen LogP contribution in [0.5, 0.6) is 0 Å². The normalized spacial score (nSPS) is 16.5. The number of hydrogen-bond acceptors (Lipinski definition) is 3. The van der Waals surface area contributed by atoms with Gasteiger partial charge in [-0.2, -0.15) is 5.11 Å². The molecule has 19 heavy (non-hydrogen) atoms. The van der Waals surface area contributed by atoms with Gasteiger partial charge in [-0.05, 0) is 18.9 Å². The van der Waals surface area contributed by atoms with Gasteiger partial charge in [0.2, 0.25) is 0 Å². The highest BCUT2D eigenvalue weighted by molar-refractivity contribution is 6.08. The maximum absolute atomic E-state index is 12.1. The van der Waals surface area contributed by atoms with Crippen LogP contribution in [0.25, 0.3) is 5.70 Å². The summed E-state index contributed by atoms with van der Waals surface area (Å²) < 4.78 is 0. The van der Waals surface area contributed by atoms with Crippen molar-refractivity contribution in [2.24, 2.45) is 15.2 Å². The van der Waals surface area contributed by atoms with E-state index in [9.17, 15) is 4.79 Å². The standard InChI is InChI=1S/C15H15N3O/c1-2-3-4-9-12-13-14(18-17-12)10-7-5-6-8-11(10)16-15(13)19/h5-8H,2-4,9H2,1H3. The number of hydrogen-bond donors (Lipinski definition) is 0. The Morgan fingerprint density at radius 2 is 1.95 bits per heavy atom. The molecule has 4 heteroatoms. The van der Waals surface area contributed by atoms with Gasteiger partial charge in [-0.15, -0.1) is 5.11 Å². The molecule has 2 aliphatic heterocycles. The zero-order valence-electron chi connectivity index (χ0n) is 10.9. The summed E-state index contributed by atoms with van der Waals surface area (Å²) in [6.45, 7) is 2.16. The van der Waals surface area contributed by atoms with Gasteiger partial charge in [0.25, 0.3) is 5.91 Å². The average molecular weight is 253 g/mol. The highest BCUT2D eigenvalue weighted by atomic mass is 16.1. The predicted octanol–water partition coefficient (Wildman–Crippen LogP) is 2.25. The number of amides is 1. The zero-order valence-corrected chi connectivity index (χ0v) is 10.9. The molecule has 0 N–H and O–H groups in total. The molecule has 0 saturated carbocycles. The van der Waals surface area contributed by atoms with E-state index < -0.39 is 0 Å². The average Bonchev–Trinajstić information content (AvgIpc) is 2.84. The van der Waals surface area contributed by atoms with E-state index in [0.717, 1.165) is 36.6 Å². The van der Waals surface area contributed by atoms with Crippen LogP contribution in [0.4, 0.5) is 0 Å². The minimum atomic E-state index is -0.204. The fourth-order valence-corrected chi connectivity index (χ4v) is 2.41. The lowest BCUT2D eigenvalue weighted by molar-refractivity contribution is -0.114. The first-order valence-corrected chi connectivity index (χ1v) is 6.69. The molecule has 0 saturated heterocycles. The zero-order chi connectivity index (χ0) is 13.2. The fraction of sp³-hybridized carbons (Fsp3) is 0.333. The van der Waals surface area contributed by atoms with Crippen LogP contribution in [-0.4, -0.2) is 5.91 Å². The van der Waals surface area contributed by atoms with E-state index in [1.54, 1.807) is 0 Å². The summed E-state index contributed by atoms with van der Waals surface area (Å²) in [5.41, 5.74) is 2.10. The molecule has 0 aromatic heterocycles. The van der Waals surface area contributed by atoms with Crippen molar-refractivity contribution in [3.63, 3.8) is 0 Å². The third-order valence-electron chi connectivity index (χ3n) is 3.41. The molecule has 3 rings (SSSR count). The number of allylic oxidation sites excluding steroid dienone is 1. The summed E-state index contributed by atoms with van der Waals surface area (Å²) in [4.78, 5) is 16.2. The van der Waals surface area contributed by atoms with Gasteiger partial charge in [-0.25, -0.2) is 4.99 Å². The number of nitrogens with zero attached hydrogens (tertiary/aromatic N) is 3. The number of benzene rings is 1. The summed E-state index contributed by atoms with van der Waals surface area (Å²) in [6.07, 6.45) is 4.14. The SMILES string of the molecule is CCCCCC1=C2C(=O)N=c3ccccc3=C2N=N1. The molecule has 0 radical (unpaired) electrons. The molecule has 2 heterocycles. The molecule has 1 amide bonds. The number of carbonyl (C=O) groups is 1.